The number of nitrogens with two attached hydrogens (primary N) is 1. The van der Waals surface area contributed by atoms with Crippen molar-refractivity contribution in [2.75, 3.05) is 13.7 Å². The average Bonchev–Trinajstić information content (AvgIpc) is 2.55. The van der Waals surface area contributed by atoms with Gasteiger partial charge in [-0.05, 0) is 30.2 Å². The van der Waals surface area contributed by atoms with Crippen LogP contribution in [0.4, 0.5) is 0 Å². The highest BCUT2D eigenvalue weighted by Crippen LogP contribution is 2.14. The molecule has 0 fully saturated rings. The van der Waals surface area contributed by atoms with Crippen LogP contribution < -0.4 is 15.8 Å². The standard InChI is InChI=1S/C17H20N2O2/c1-21-15-9-5-8-14(12-15)17(20)19-11-10-16(18)13-6-3-2-4-7-13/h2-9,12,16H,10-11,18H2,1H3,(H,19,20). The molecule has 0 aromatic heterocycles. The number of carbonyl (C=O) groups excluding carboxylic acids is 1. The summed E-state index contributed by atoms with van der Waals surface area (Å²) in [5.41, 5.74) is 7.76. The molecule has 2 aromatic rings. The van der Waals surface area contributed by atoms with Crippen LogP contribution in [0.5, 0.6) is 5.75 Å². The Labute approximate surface area is 124 Å². The molecule has 4 heteroatoms. The molecule has 0 aliphatic carbocycles. The Bertz CT molecular complexity index is 584. The fraction of sp³-hybridized carbons (Fsp3) is 0.235. The van der Waals surface area contributed by atoms with Gasteiger partial charge in [-0.3, -0.25) is 4.79 Å². The van der Waals surface area contributed by atoms with E-state index in [2.05, 4.69) is 5.32 Å². The first-order valence-electron chi connectivity index (χ1n) is 6.93. The van der Waals surface area contributed by atoms with Crippen LogP contribution >= 0.6 is 0 Å². The van der Waals surface area contributed by atoms with E-state index in [9.17, 15) is 4.79 Å². The van der Waals surface area contributed by atoms with Gasteiger partial charge in [-0.2, -0.15) is 0 Å². The zero-order valence-corrected chi connectivity index (χ0v) is 12.1. The van der Waals surface area contributed by atoms with Crippen LogP contribution in [0.25, 0.3) is 0 Å². The molecule has 0 radical (unpaired) electrons. The molecule has 110 valence electrons. The largest absolute Gasteiger partial charge is 0.497 e. The molecule has 4 nitrogen and oxygen atoms in total. The number of hydrogen-bond acceptors (Lipinski definition) is 3. The van der Waals surface area contributed by atoms with E-state index in [1.54, 1.807) is 25.3 Å². The van der Waals surface area contributed by atoms with Crippen LogP contribution in [0.1, 0.15) is 28.4 Å². The van der Waals surface area contributed by atoms with E-state index in [1.807, 2.05) is 36.4 Å². The average molecular weight is 284 g/mol. The van der Waals surface area contributed by atoms with Crippen LogP contribution in [-0.2, 0) is 0 Å². The minimum Gasteiger partial charge on any atom is -0.497 e. The summed E-state index contributed by atoms with van der Waals surface area (Å²) in [6, 6.07) is 16.9. The summed E-state index contributed by atoms with van der Waals surface area (Å²) in [5, 5.41) is 2.88. The van der Waals surface area contributed by atoms with Crippen LogP contribution in [0.15, 0.2) is 54.6 Å². The summed E-state index contributed by atoms with van der Waals surface area (Å²) in [4.78, 5) is 12.0. The van der Waals surface area contributed by atoms with Crippen LogP contribution in [0.2, 0.25) is 0 Å². The summed E-state index contributed by atoms with van der Waals surface area (Å²) < 4.78 is 5.11. The molecule has 21 heavy (non-hydrogen) atoms. The fourth-order valence-corrected chi connectivity index (χ4v) is 2.07. The van der Waals surface area contributed by atoms with Crippen molar-refractivity contribution in [2.45, 2.75) is 12.5 Å². The van der Waals surface area contributed by atoms with Gasteiger partial charge in [0, 0.05) is 18.2 Å². The predicted octanol–water partition coefficient (Wildman–Crippen LogP) is 2.52. The summed E-state index contributed by atoms with van der Waals surface area (Å²) >= 11 is 0. The summed E-state index contributed by atoms with van der Waals surface area (Å²) in [6.07, 6.45) is 0.694. The third-order valence-electron chi connectivity index (χ3n) is 3.30. The molecule has 0 saturated carbocycles. The van der Waals surface area contributed by atoms with E-state index in [0.717, 1.165) is 5.56 Å². The lowest BCUT2D eigenvalue weighted by Gasteiger charge is -2.12. The Balaban J connectivity index is 1.84. The first kappa shape index (κ1) is 15.1. The van der Waals surface area contributed by atoms with Gasteiger partial charge >= 0.3 is 0 Å². The third-order valence-corrected chi connectivity index (χ3v) is 3.30. The Morgan fingerprint density at radius 1 is 1.19 bits per heavy atom. The number of carbonyl (C=O) groups is 1. The van der Waals surface area contributed by atoms with Gasteiger partial charge in [0.15, 0.2) is 0 Å². The third kappa shape index (κ3) is 4.33. The van der Waals surface area contributed by atoms with E-state index in [4.69, 9.17) is 10.5 Å². The highest BCUT2D eigenvalue weighted by Gasteiger charge is 2.08. The molecule has 2 rings (SSSR count). The zero-order chi connectivity index (χ0) is 15.1. The molecular formula is C17H20N2O2. The quantitative estimate of drug-likeness (QED) is 0.856. The van der Waals surface area contributed by atoms with Gasteiger partial charge in [-0.15, -0.1) is 0 Å². The fourth-order valence-electron chi connectivity index (χ4n) is 2.07. The summed E-state index contributed by atoms with van der Waals surface area (Å²) in [5.74, 6) is 0.554. The van der Waals surface area contributed by atoms with Crippen molar-refractivity contribution in [3.63, 3.8) is 0 Å². The second kappa shape index (κ2) is 7.45. The van der Waals surface area contributed by atoms with Crippen LogP contribution in [-0.4, -0.2) is 19.6 Å². The molecule has 0 heterocycles. The molecule has 1 atom stereocenters. The lowest BCUT2D eigenvalue weighted by molar-refractivity contribution is 0.0952. The van der Waals surface area contributed by atoms with Gasteiger partial charge in [0.1, 0.15) is 5.75 Å². The highest BCUT2D eigenvalue weighted by atomic mass is 16.5. The Hall–Kier alpha value is -2.33. The monoisotopic (exact) mass is 284 g/mol. The lowest BCUT2D eigenvalue weighted by Crippen LogP contribution is -2.27. The second-order valence-corrected chi connectivity index (χ2v) is 4.79. The van der Waals surface area contributed by atoms with Gasteiger partial charge in [0.2, 0.25) is 0 Å². The van der Waals surface area contributed by atoms with Crippen molar-refractivity contribution in [1.29, 1.82) is 0 Å². The van der Waals surface area contributed by atoms with Gasteiger partial charge in [-0.25, -0.2) is 0 Å². The Morgan fingerprint density at radius 2 is 1.95 bits per heavy atom. The number of ether oxygens (including phenoxy) is 1. The van der Waals surface area contributed by atoms with Crippen molar-refractivity contribution in [3.8, 4) is 5.75 Å². The smallest absolute Gasteiger partial charge is 0.251 e. The normalized spacial score (nSPS) is 11.7. The molecule has 0 aliphatic heterocycles. The number of benzene rings is 2. The van der Waals surface area contributed by atoms with Crippen molar-refractivity contribution in [2.24, 2.45) is 5.73 Å². The maximum Gasteiger partial charge on any atom is 0.251 e. The maximum absolute atomic E-state index is 12.0. The van der Waals surface area contributed by atoms with Crippen molar-refractivity contribution < 1.29 is 9.53 Å². The maximum atomic E-state index is 12.0. The first-order valence-corrected chi connectivity index (χ1v) is 6.93. The summed E-state index contributed by atoms with van der Waals surface area (Å²) in [7, 11) is 1.58. The number of nitrogens with one attached hydrogen (secondary N) is 1. The summed E-state index contributed by atoms with van der Waals surface area (Å²) in [6.45, 7) is 0.534. The Kier molecular flexibility index (Phi) is 5.35. The van der Waals surface area contributed by atoms with E-state index in [0.29, 0.717) is 24.3 Å². The minimum absolute atomic E-state index is 0.0724. The van der Waals surface area contributed by atoms with Crippen LogP contribution in [0, 0.1) is 0 Å². The molecule has 2 aromatic carbocycles. The number of hydrogen-bond donors (Lipinski definition) is 2. The molecule has 0 bridgehead atoms. The van der Waals surface area contributed by atoms with Gasteiger partial charge in [0.05, 0.1) is 7.11 Å². The zero-order valence-electron chi connectivity index (χ0n) is 12.1. The lowest BCUT2D eigenvalue weighted by atomic mass is 10.1. The first-order chi connectivity index (χ1) is 10.2. The van der Waals surface area contributed by atoms with E-state index < -0.39 is 0 Å². The molecule has 3 N–H and O–H groups in total. The second-order valence-electron chi connectivity index (χ2n) is 4.79. The molecule has 0 spiro atoms. The molecule has 0 saturated heterocycles. The minimum atomic E-state index is -0.117. The predicted molar refractivity (Wildman–Crippen MR) is 83.3 cm³/mol. The van der Waals surface area contributed by atoms with Crippen molar-refractivity contribution in [3.05, 3.63) is 65.7 Å². The van der Waals surface area contributed by atoms with E-state index in [1.165, 1.54) is 0 Å². The molecular weight excluding hydrogens is 264 g/mol. The van der Waals surface area contributed by atoms with Crippen LogP contribution in [0.3, 0.4) is 0 Å². The van der Waals surface area contributed by atoms with Crippen molar-refractivity contribution >= 4 is 5.91 Å². The van der Waals surface area contributed by atoms with Crippen molar-refractivity contribution in [1.82, 2.24) is 5.32 Å². The highest BCUT2D eigenvalue weighted by molar-refractivity contribution is 5.94. The van der Waals surface area contributed by atoms with E-state index >= 15 is 0 Å². The molecule has 0 aliphatic rings. The number of amides is 1. The molecule has 1 unspecified atom stereocenters. The topological polar surface area (TPSA) is 64.3 Å². The number of rotatable bonds is 6. The van der Waals surface area contributed by atoms with Gasteiger partial charge in [-0.1, -0.05) is 36.4 Å². The van der Waals surface area contributed by atoms with Gasteiger partial charge in [0.25, 0.3) is 5.91 Å². The number of methoxy groups -OCH3 is 1. The Morgan fingerprint density at radius 3 is 2.67 bits per heavy atom. The van der Waals surface area contributed by atoms with Gasteiger partial charge < -0.3 is 15.8 Å². The molecule has 1 amide bonds. The SMILES string of the molecule is COc1cccc(C(=O)NCCC(N)c2ccccc2)c1. The van der Waals surface area contributed by atoms with E-state index in [-0.39, 0.29) is 11.9 Å².